The van der Waals surface area contributed by atoms with Crippen LogP contribution < -0.4 is 16.6 Å². The molecule has 2 rings (SSSR count). The van der Waals surface area contributed by atoms with Gasteiger partial charge in [0.05, 0.1) is 18.4 Å². The maximum absolute atomic E-state index is 12.5. The normalized spacial score (nSPS) is 15.2. The van der Waals surface area contributed by atoms with E-state index in [1.54, 1.807) is 0 Å². The fraction of sp³-hybridized carbons (Fsp3) is 0.500. The van der Waals surface area contributed by atoms with E-state index in [2.05, 4.69) is 20.7 Å². The highest BCUT2D eigenvalue weighted by atomic mass is 16.2. The van der Waals surface area contributed by atoms with Crippen LogP contribution in [0.3, 0.4) is 0 Å². The predicted molar refractivity (Wildman–Crippen MR) is 72.8 cm³/mol. The Morgan fingerprint density at radius 2 is 2.30 bits per heavy atom. The van der Waals surface area contributed by atoms with Crippen LogP contribution in [-0.2, 0) is 4.79 Å². The molecule has 1 aliphatic rings. The third kappa shape index (κ3) is 2.85. The second kappa shape index (κ2) is 5.83. The molecule has 0 spiro atoms. The first kappa shape index (κ1) is 14.2. The first-order chi connectivity index (χ1) is 9.52. The quantitative estimate of drug-likeness (QED) is 0.505. The third-order valence-corrected chi connectivity index (χ3v) is 3.01. The molecule has 108 valence electrons. The van der Waals surface area contributed by atoms with E-state index >= 15 is 0 Å². The minimum atomic E-state index is -0.322. The summed E-state index contributed by atoms with van der Waals surface area (Å²) in [6.45, 7) is 4.80. The summed E-state index contributed by atoms with van der Waals surface area (Å²) < 4.78 is 0. The predicted octanol–water partition coefficient (Wildman–Crippen LogP) is -0.542. The van der Waals surface area contributed by atoms with Gasteiger partial charge in [-0.3, -0.25) is 15.4 Å². The molecule has 20 heavy (non-hydrogen) atoms. The SMILES string of the molecule is CC(C)c1ncc(NN)c(C(=O)N2CCNC(=O)C2)n1. The molecular formula is C12H18N6O2. The monoisotopic (exact) mass is 278 g/mol. The first-order valence-corrected chi connectivity index (χ1v) is 6.42. The summed E-state index contributed by atoms with van der Waals surface area (Å²) in [5.41, 5.74) is 2.97. The lowest BCUT2D eigenvalue weighted by Crippen LogP contribution is -2.50. The van der Waals surface area contributed by atoms with Crippen molar-refractivity contribution in [3.05, 3.63) is 17.7 Å². The number of nitrogen functional groups attached to an aromatic ring is 1. The van der Waals surface area contributed by atoms with E-state index in [-0.39, 0.29) is 30.0 Å². The summed E-state index contributed by atoms with van der Waals surface area (Å²) in [5.74, 6) is 5.55. The Labute approximate surface area is 116 Å². The average molecular weight is 278 g/mol. The number of hydrazine groups is 1. The van der Waals surface area contributed by atoms with E-state index < -0.39 is 0 Å². The number of hydrogen-bond donors (Lipinski definition) is 3. The number of aromatic nitrogens is 2. The average Bonchev–Trinajstić information content (AvgIpc) is 2.45. The van der Waals surface area contributed by atoms with Crippen LogP contribution in [0, 0.1) is 0 Å². The van der Waals surface area contributed by atoms with Gasteiger partial charge in [-0.15, -0.1) is 0 Å². The molecule has 0 saturated carbocycles. The molecule has 0 aliphatic carbocycles. The molecule has 8 nitrogen and oxygen atoms in total. The number of nitrogens with one attached hydrogen (secondary N) is 2. The van der Waals surface area contributed by atoms with Crippen LogP contribution in [0.4, 0.5) is 5.69 Å². The van der Waals surface area contributed by atoms with Crippen molar-refractivity contribution in [1.82, 2.24) is 20.2 Å². The number of rotatable bonds is 3. The number of amides is 2. The zero-order valence-corrected chi connectivity index (χ0v) is 11.5. The van der Waals surface area contributed by atoms with Gasteiger partial charge < -0.3 is 15.6 Å². The summed E-state index contributed by atoms with van der Waals surface area (Å²) in [6.07, 6.45) is 1.49. The number of hydrogen-bond acceptors (Lipinski definition) is 6. The molecule has 0 radical (unpaired) electrons. The Morgan fingerprint density at radius 1 is 1.55 bits per heavy atom. The van der Waals surface area contributed by atoms with Crippen LogP contribution >= 0.6 is 0 Å². The topological polar surface area (TPSA) is 113 Å². The highest BCUT2D eigenvalue weighted by Gasteiger charge is 2.26. The molecule has 2 amide bonds. The van der Waals surface area contributed by atoms with Crippen molar-refractivity contribution in [3.63, 3.8) is 0 Å². The molecule has 0 unspecified atom stereocenters. The van der Waals surface area contributed by atoms with Crippen molar-refractivity contribution in [3.8, 4) is 0 Å². The standard InChI is InChI=1S/C12H18N6O2/c1-7(2)11-15-5-8(17-13)10(16-11)12(20)18-4-3-14-9(19)6-18/h5,7,17H,3-4,6,13H2,1-2H3,(H,14,19). The number of piperazine rings is 1. The van der Waals surface area contributed by atoms with Crippen molar-refractivity contribution < 1.29 is 9.59 Å². The molecule has 4 N–H and O–H groups in total. The summed E-state index contributed by atoms with van der Waals surface area (Å²) in [4.78, 5) is 33.7. The van der Waals surface area contributed by atoms with Gasteiger partial charge in [0.25, 0.3) is 5.91 Å². The van der Waals surface area contributed by atoms with Crippen molar-refractivity contribution >= 4 is 17.5 Å². The number of anilines is 1. The minimum Gasteiger partial charge on any atom is -0.353 e. The van der Waals surface area contributed by atoms with E-state index in [4.69, 9.17) is 5.84 Å². The summed E-state index contributed by atoms with van der Waals surface area (Å²) in [7, 11) is 0. The van der Waals surface area contributed by atoms with Gasteiger partial charge in [-0.1, -0.05) is 13.8 Å². The van der Waals surface area contributed by atoms with Gasteiger partial charge in [0.2, 0.25) is 5.91 Å². The van der Waals surface area contributed by atoms with E-state index in [0.29, 0.717) is 24.6 Å². The van der Waals surface area contributed by atoms with E-state index in [0.717, 1.165) is 0 Å². The van der Waals surface area contributed by atoms with Crippen LogP contribution in [0.1, 0.15) is 36.1 Å². The molecule has 1 fully saturated rings. The lowest BCUT2D eigenvalue weighted by molar-refractivity contribution is -0.123. The Bertz CT molecular complexity index is 531. The zero-order valence-electron chi connectivity index (χ0n) is 11.5. The molecule has 1 saturated heterocycles. The zero-order chi connectivity index (χ0) is 14.7. The Morgan fingerprint density at radius 3 is 2.90 bits per heavy atom. The first-order valence-electron chi connectivity index (χ1n) is 6.42. The Balaban J connectivity index is 2.31. The Kier molecular flexibility index (Phi) is 4.14. The molecule has 1 aliphatic heterocycles. The largest absolute Gasteiger partial charge is 0.353 e. The molecule has 1 aromatic rings. The molecule has 0 atom stereocenters. The molecule has 0 aromatic carbocycles. The van der Waals surface area contributed by atoms with E-state index in [1.807, 2.05) is 13.8 Å². The van der Waals surface area contributed by atoms with Gasteiger partial charge in [-0.25, -0.2) is 9.97 Å². The lowest BCUT2D eigenvalue weighted by Gasteiger charge is -2.27. The highest BCUT2D eigenvalue weighted by Crippen LogP contribution is 2.17. The highest BCUT2D eigenvalue weighted by molar-refractivity contribution is 5.99. The van der Waals surface area contributed by atoms with Crippen LogP contribution in [0.15, 0.2) is 6.20 Å². The summed E-state index contributed by atoms with van der Waals surface area (Å²) in [5, 5.41) is 2.67. The second-order valence-corrected chi connectivity index (χ2v) is 4.87. The molecular weight excluding hydrogens is 260 g/mol. The van der Waals surface area contributed by atoms with Crippen molar-refractivity contribution in [1.29, 1.82) is 0 Å². The lowest BCUT2D eigenvalue weighted by atomic mass is 10.2. The van der Waals surface area contributed by atoms with Gasteiger partial charge in [0.15, 0.2) is 5.69 Å². The second-order valence-electron chi connectivity index (χ2n) is 4.87. The van der Waals surface area contributed by atoms with Crippen LogP contribution in [-0.4, -0.2) is 46.3 Å². The third-order valence-electron chi connectivity index (χ3n) is 3.01. The Hall–Kier alpha value is -2.22. The number of nitrogens with two attached hydrogens (primary N) is 1. The smallest absolute Gasteiger partial charge is 0.275 e. The fourth-order valence-corrected chi connectivity index (χ4v) is 1.90. The summed E-state index contributed by atoms with van der Waals surface area (Å²) in [6, 6.07) is 0. The molecule has 8 heteroatoms. The van der Waals surface area contributed by atoms with Crippen molar-refractivity contribution in [2.24, 2.45) is 5.84 Å². The molecule has 1 aromatic heterocycles. The van der Waals surface area contributed by atoms with E-state index in [9.17, 15) is 9.59 Å². The number of carbonyl (C=O) groups excluding carboxylic acids is 2. The van der Waals surface area contributed by atoms with Crippen molar-refractivity contribution in [2.75, 3.05) is 25.1 Å². The van der Waals surface area contributed by atoms with Gasteiger partial charge in [0, 0.05) is 19.0 Å². The van der Waals surface area contributed by atoms with Crippen molar-refractivity contribution in [2.45, 2.75) is 19.8 Å². The maximum atomic E-state index is 12.5. The van der Waals surface area contributed by atoms with Crippen LogP contribution in [0.5, 0.6) is 0 Å². The number of nitrogens with zero attached hydrogens (tertiary/aromatic N) is 3. The van der Waals surface area contributed by atoms with E-state index in [1.165, 1.54) is 11.1 Å². The van der Waals surface area contributed by atoms with Crippen LogP contribution in [0.25, 0.3) is 0 Å². The summed E-state index contributed by atoms with van der Waals surface area (Å²) >= 11 is 0. The molecule has 0 bridgehead atoms. The minimum absolute atomic E-state index is 0.0316. The van der Waals surface area contributed by atoms with Gasteiger partial charge in [-0.05, 0) is 0 Å². The number of carbonyl (C=O) groups is 2. The van der Waals surface area contributed by atoms with Gasteiger partial charge in [0.1, 0.15) is 5.82 Å². The maximum Gasteiger partial charge on any atom is 0.275 e. The fourth-order valence-electron chi connectivity index (χ4n) is 1.90. The van der Waals surface area contributed by atoms with Gasteiger partial charge >= 0.3 is 0 Å². The van der Waals surface area contributed by atoms with Gasteiger partial charge in [-0.2, -0.15) is 0 Å². The van der Waals surface area contributed by atoms with Crippen LogP contribution in [0.2, 0.25) is 0 Å². The molecule has 2 heterocycles.